The average molecular weight is 397 g/mol. The van der Waals surface area contributed by atoms with Crippen LogP contribution in [0.25, 0.3) is 11.3 Å². The number of aliphatic hydroxyl groups is 1. The molecule has 0 aliphatic heterocycles. The van der Waals surface area contributed by atoms with Crippen LogP contribution >= 0.6 is 11.6 Å². The van der Waals surface area contributed by atoms with Gasteiger partial charge in [0.1, 0.15) is 5.82 Å². The minimum Gasteiger partial charge on any atom is -0.394 e. The molecule has 0 aliphatic rings. The van der Waals surface area contributed by atoms with E-state index in [1.54, 1.807) is 0 Å². The van der Waals surface area contributed by atoms with Gasteiger partial charge in [-0.1, -0.05) is 61.8 Å². The summed E-state index contributed by atoms with van der Waals surface area (Å²) in [5.41, 5.74) is 3.65. The first-order chi connectivity index (χ1) is 13.5. The number of hydrogen-bond acceptors (Lipinski definition) is 5. The Morgan fingerprint density at radius 3 is 2.43 bits per heavy atom. The lowest BCUT2D eigenvalue weighted by Gasteiger charge is -2.20. The van der Waals surface area contributed by atoms with E-state index in [1.807, 2.05) is 75.4 Å². The van der Waals surface area contributed by atoms with E-state index in [0.29, 0.717) is 16.8 Å². The molecular formula is C22H25ClN4O. The normalized spacial score (nSPS) is 12.1. The van der Waals surface area contributed by atoms with Crippen molar-refractivity contribution in [2.24, 2.45) is 5.92 Å². The zero-order valence-corrected chi connectivity index (χ0v) is 17.0. The predicted octanol–water partition coefficient (Wildman–Crippen LogP) is 5.28. The van der Waals surface area contributed by atoms with E-state index in [1.165, 1.54) is 0 Å². The maximum Gasteiger partial charge on any atom is 0.225 e. The molecule has 3 aromatic rings. The van der Waals surface area contributed by atoms with E-state index in [0.717, 1.165) is 22.5 Å². The average Bonchev–Trinajstić information content (AvgIpc) is 2.69. The monoisotopic (exact) mass is 396 g/mol. The van der Waals surface area contributed by atoms with E-state index >= 15 is 0 Å². The molecule has 3 N–H and O–H groups in total. The third-order valence-electron chi connectivity index (χ3n) is 4.56. The van der Waals surface area contributed by atoms with Gasteiger partial charge in [0, 0.05) is 22.3 Å². The van der Waals surface area contributed by atoms with Gasteiger partial charge >= 0.3 is 0 Å². The summed E-state index contributed by atoms with van der Waals surface area (Å²) in [5, 5.41) is 16.9. The van der Waals surface area contributed by atoms with Gasteiger partial charge in [-0.05, 0) is 30.5 Å². The summed E-state index contributed by atoms with van der Waals surface area (Å²) in [6.45, 7) is 6.06. The van der Waals surface area contributed by atoms with E-state index in [-0.39, 0.29) is 18.6 Å². The van der Waals surface area contributed by atoms with Gasteiger partial charge in [-0.15, -0.1) is 0 Å². The van der Waals surface area contributed by atoms with Crippen molar-refractivity contribution in [3.8, 4) is 11.3 Å². The molecule has 3 rings (SSSR count). The van der Waals surface area contributed by atoms with Gasteiger partial charge in [0.15, 0.2) is 0 Å². The van der Waals surface area contributed by atoms with Crippen LogP contribution < -0.4 is 10.6 Å². The number of hydrogen-bond donors (Lipinski definition) is 3. The van der Waals surface area contributed by atoms with Crippen molar-refractivity contribution < 1.29 is 5.11 Å². The van der Waals surface area contributed by atoms with Gasteiger partial charge in [0.2, 0.25) is 5.95 Å². The first kappa shape index (κ1) is 20.1. The van der Waals surface area contributed by atoms with Crippen molar-refractivity contribution in [3.63, 3.8) is 0 Å². The largest absolute Gasteiger partial charge is 0.394 e. The number of nitrogens with zero attached hydrogens (tertiary/aromatic N) is 2. The summed E-state index contributed by atoms with van der Waals surface area (Å²) in [6.07, 6.45) is 0. The predicted molar refractivity (Wildman–Crippen MR) is 116 cm³/mol. The fourth-order valence-corrected chi connectivity index (χ4v) is 2.92. The highest BCUT2D eigenvalue weighted by Gasteiger charge is 2.15. The van der Waals surface area contributed by atoms with Crippen LogP contribution in [0.2, 0.25) is 5.02 Å². The molecule has 0 aliphatic carbocycles. The smallest absolute Gasteiger partial charge is 0.225 e. The number of aromatic nitrogens is 2. The minimum atomic E-state index is -0.132. The molecule has 0 saturated heterocycles. The first-order valence-electron chi connectivity index (χ1n) is 9.31. The molecule has 5 nitrogen and oxygen atoms in total. The highest BCUT2D eigenvalue weighted by molar-refractivity contribution is 6.31. The second kappa shape index (κ2) is 9.04. The number of halogens is 1. The first-order valence-corrected chi connectivity index (χ1v) is 9.69. The Labute approximate surface area is 170 Å². The van der Waals surface area contributed by atoms with Gasteiger partial charge in [-0.25, -0.2) is 4.98 Å². The molecule has 0 amide bonds. The second-order valence-electron chi connectivity index (χ2n) is 7.09. The lowest BCUT2D eigenvalue weighted by atomic mass is 10.1. The van der Waals surface area contributed by atoms with Crippen LogP contribution in [0.3, 0.4) is 0 Å². The van der Waals surface area contributed by atoms with Crippen molar-refractivity contribution in [3.05, 3.63) is 65.2 Å². The summed E-state index contributed by atoms with van der Waals surface area (Å²) in [6, 6.07) is 17.5. The SMILES string of the molecule is Cc1ccc(Nc2cc(-c3ccccc3)nc(N[C@H](CO)C(C)C)n2)cc1Cl. The van der Waals surface area contributed by atoms with Crippen LogP contribution in [0.15, 0.2) is 54.6 Å². The molecule has 0 unspecified atom stereocenters. The number of anilines is 3. The van der Waals surface area contributed by atoms with Crippen LogP contribution in [0, 0.1) is 12.8 Å². The number of nitrogens with one attached hydrogen (secondary N) is 2. The van der Waals surface area contributed by atoms with Crippen molar-refractivity contribution in [2.75, 3.05) is 17.2 Å². The summed E-state index contributed by atoms with van der Waals surface area (Å²) in [5.74, 6) is 1.35. The Balaban J connectivity index is 1.97. The Bertz CT molecular complexity index is 931. The molecule has 2 aromatic carbocycles. The molecule has 1 aromatic heterocycles. The van der Waals surface area contributed by atoms with Crippen LogP contribution in [-0.4, -0.2) is 27.7 Å². The quantitative estimate of drug-likeness (QED) is 0.507. The molecule has 28 heavy (non-hydrogen) atoms. The van der Waals surface area contributed by atoms with Crippen molar-refractivity contribution >= 4 is 29.1 Å². The van der Waals surface area contributed by atoms with Crippen LogP contribution in [-0.2, 0) is 0 Å². The van der Waals surface area contributed by atoms with E-state index < -0.39 is 0 Å². The maximum absolute atomic E-state index is 9.66. The number of rotatable bonds is 7. The van der Waals surface area contributed by atoms with Gasteiger partial charge in [-0.2, -0.15) is 4.98 Å². The van der Waals surface area contributed by atoms with E-state index in [4.69, 9.17) is 11.6 Å². The van der Waals surface area contributed by atoms with Crippen molar-refractivity contribution in [2.45, 2.75) is 26.8 Å². The zero-order valence-electron chi connectivity index (χ0n) is 16.3. The van der Waals surface area contributed by atoms with E-state index in [2.05, 4.69) is 20.6 Å². The molecule has 0 radical (unpaired) electrons. The van der Waals surface area contributed by atoms with Crippen LogP contribution in [0.5, 0.6) is 0 Å². The third-order valence-corrected chi connectivity index (χ3v) is 4.96. The molecule has 146 valence electrons. The van der Waals surface area contributed by atoms with Crippen LogP contribution in [0.1, 0.15) is 19.4 Å². The lowest BCUT2D eigenvalue weighted by Crippen LogP contribution is -2.30. The van der Waals surface area contributed by atoms with Gasteiger partial charge < -0.3 is 15.7 Å². The Kier molecular flexibility index (Phi) is 6.49. The number of benzene rings is 2. The van der Waals surface area contributed by atoms with Gasteiger partial charge in [0.25, 0.3) is 0 Å². The van der Waals surface area contributed by atoms with Crippen LogP contribution in [0.4, 0.5) is 17.5 Å². The zero-order chi connectivity index (χ0) is 20.1. The second-order valence-corrected chi connectivity index (χ2v) is 7.50. The molecule has 6 heteroatoms. The molecule has 0 spiro atoms. The number of aliphatic hydroxyl groups excluding tert-OH is 1. The number of aryl methyl sites for hydroxylation is 1. The standard InChI is InChI=1S/C22H25ClN4O/c1-14(2)20(13-28)26-22-25-19(16-7-5-4-6-8-16)12-21(27-22)24-17-10-9-15(3)18(23)11-17/h4-12,14,20,28H,13H2,1-3H3,(H2,24,25,26,27)/t20-/m1/s1. The molecule has 0 saturated carbocycles. The Morgan fingerprint density at radius 1 is 1.04 bits per heavy atom. The fourth-order valence-electron chi connectivity index (χ4n) is 2.74. The lowest BCUT2D eigenvalue weighted by molar-refractivity contribution is 0.248. The summed E-state index contributed by atoms with van der Waals surface area (Å²) in [4.78, 5) is 9.24. The molecule has 1 atom stereocenters. The fraction of sp³-hybridized carbons (Fsp3) is 0.273. The van der Waals surface area contributed by atoms with Crippen molar-refractivity contribution in [1.82, 2.24) is 9.97 Å². The summed E-state index contributed by atoms with van der Waals surface area (Å²) < 4.78 is 0. The summed E-state index contributed by atoms with van der Waals surface area (Å²) in [7, 11) is 0. The minimum absolute atomic E-state index is 0.00687. The van der Waals surface area contributed by atoms with Gasteiger partial charge in [0.05, 0.1) is 18.3 Å². The molecule has 0 fully saturated rings. The molecule has 0 bridgehead atoms. The summed E-state index contributed by atoms with van der Waals surface area (Å²) >= 11 is 6.25. The molecule has 1 heterocycles. The highest BCUT2D eigenvalue weighted by Crippen LogP contribution is 2.26. The highest BCUT2D eigenvalue weighted by atomic mass is 35.5. The molecular weight excluding hydrogens is 372 g/mol. The third kappa shape index (κ3) is 5.00. The Hall–Kier alpha value is -2.63. The topological polar surface area (TPSA) is 70.1 Å². The van der Waals surface area contributed by atoms with E-state index in [9.17, 15) is 5.11 Å². The van der Waals surface area contributed by atoms with Gasteiger partial charge in [-0.3, -0.25) is 0 Å². The maximum atomic E-state index is 9.66. The Morgan fingerprint density at radius 2 is 1.79 bits per heavy atom. The van der Waals surface area contributed by atoms with Crippen molar-refractivity contribution in [1.29, 1.82) is 0 Å².